The molecule has 0 fully saturated rings. The van der Waals surface area contributed by atoms with Gasteiger partial charge >= 0.3 is 5.97 Å². The Morgan fingerprint density at radius 2 is 1.93 bits per heavy atom. The second-order valence-electron chi connectivity index (χ2n) is 4.39. The van der Waals surface area contributed by atoms with E-state index >= 15 is 0 Å². The van der Waals surface area contributed by atoms with Crippen molar-refractivity contribution in [2.75, 3.05) is 13.2 Å². The van der Waals surface area contributed by atoms with Gasteiger partial charge in [-0.05, 0) is 27.7 Å². The molecule has 0 heterocycles. The number of aliphatic hydroxyl groups excluding tert-OH is 1. The van der Waals surface area contributed by atoms with Gasteiger partial charge in [0.05, 0.1) is 18.3 Å². The smallest absolute Gasteiger partial charge is 0.325 e. The molecule has 2 unspecified atom stereocenters. The minimum absolute atomic E-state index is 0.149. The van der Waals surface area contributed by atoms with Crippen LogP contribution in [0.5, 0.6) is 0 Å². The monoisotopic (exact) mass is 219 g/mol. The van der Waals surface area contributed by atoms with Crippen molar-refractivity contribution in [1.82, 2.24) is 0 Å². The Hall–Kier alpha value is -0.650. The lowest BCUT2D eigenvalue weighted by atomic mass is 10.2. The van der Waals surface area contributed by atoms with Gasteiger partial charge < -0.3 is 20.3 Å². The second-order valence-corrected chi connectivity index (χ2v) is 4.39. The average Bonchev–Trinajstić information content (AvgIpc) is 2.09. The van der Waals surface area contributed by atoms with E-state index in [1.165, 1.54) is 6.92 Å². The molecule has 0 aliphatic heterocycles. The van der Waals surface area contributed by atoms with Crippen molar-refractivity contribution in [3.63, 3.8) is 0 Å². The number of aliphatic hydroxyl groups is 1. The normalized spacial score (nSPS) is 15.9. The zero-order valence-corrected chi connectivity index (χ0v) is 9.82. The molecule has 0 saturated heterocycles. The first kappa shape index (κ1) is 14.3. The molecule has 0 aromatic carbocycles. The Morgan fingerprint density at radius 3 is 2.33 bits per heavy atom. The molecular formula is C10H21NO4. The molecule has 5 nitrogen and oxygen atoms in total. The van der Waals surface area contributed by atoms with E-state index in [9.17, 15) is 4.79 Å². The van der Waals surface area contributed by atoms with Crippen LogP contribution in [0.2, 0.25) is 0 Å². The van der Waals surface area contributed by atoms with E-state index < -0.39 is 18.1 Å². The predicted octanol–water partition coefficient (Wildman–Crippen LogP) is 0.0528. The fourth-order valence-electron chi connectivity index (χ4n) is 0.783. The van der Waals surface area contributed by atoms with Crippen molar-refractivity contribution in [3.05, 3.63) is 0 Å². The minimum atomic E-state index is -0.986. The van der Waals surface area contributed by atoms with Crippen LogP contribution in [0.3, 0.4) is 0 Å². The Labute approximate surface area is 90.5 Å². The Bertz CT molecular complexity index is 198. The van der Waals surface area contributed by atoms with Crippen LogP contribution in [0.4, 0.5) is 0 Å². The van der Waals surface area contributed by atoms with Gasteiger partial charge in [0.1, 0.15) is 12.6 Å². The fourth-order valence-corrected chi connectivity index (χ4v) is 0.783. The van der Waals surface area contributed by atoms with E-state index in [1.54, 1.807) is 0 Å². The van der Waals surface area contributed by atoms with Crippen molar-refractivity contribution in [2.45, 2.75) is 45.4 Å². The third kappa shape index (κ3) is 7.30. The molecule has 0 aliphatic rings. The molecule has 0 radical (unpaired) electrons. The first-order valence-electron chi connectivity index (χ1n) is 4.98. The summed E-state index contributed by atoms with van der Waals surface area (Å²) >= 11 is 0. The molecule has 5 heteroatoms. The van der Waals surface area contributed by atoms with Gasteiger partial charge in [-0.15, -0.1) is 0 Å². The number of carbonyl (C=O) groups is 1. The quantitative estimate of drug-likeness (QED) is 0.504. The average molecular weight is 219 g/mol. The first-order chi connectivity index (χ1) is 6.74. The standard InChI is InChI=1S/C10H21NO4/c1-7(12)8(11)9(13)14-5-6-15-10(2,3)4/h7-8,12H,5-6,11H2,1-4H3. The van der Waals surface area contributed by atoms with Crippen molar-refractivity contribution in [3.8, 4) is 0 Å². The van der Waals surface area contributed by atoms with Gasteiger partial charge in [-0.25, -0.2) is 0 Å². The lowest BCUT2D eigenvalue weighted by molar-refractivity contribution is -0.150. The van der Waals surface area contributed by atoms with Gasteiger partial charge in [0, 0.05) is 0 Å². The van der Waals surface area contributed by atoms with Crippen LogP contribution in [0, 0.1) is 0 Å². The summed E-state index contributed by atoms with van der Waals surface area (Å²) < 4.78 is 10.2. The number of carbonyl (C=O) groups excluding carboxylic acids is 1. The molecule has 0 amide bonds. The highest BCUT2D eigenvalue weighted by Gasteiger charge is 2.20. The van der Waals surface area contributed by atoms with Crippen LogP contribution in [0.25, 0.3) is 0 Å². The van der Waals surface area contributed by atoms with Crippen LogP contribution in [-0.2, 0) is 14.3 Å². The summed E-state index contributed by atoms with van der Waals surface area (Å²) in [4.78, 5) is 11.1. The van der Waals surface area contributed by atoms with Crippen molar-refractivity contribution in [1.29, 1.82) is 0 Å². The van der Waals surface area contributed by atoms with Gasteiger partial charge in [-0.2, -0.15) is 0 Å². The van der Waals surface area contributed by atoms with Crippen LogP contribution < -0.4 is 5.73 Å². The summed E-state index contributed by atoms with van der Waals surface area (Å²) in [6.07, 6.45) is -0.902. The number of nitrogens with two attached hydrogens (primary N) is 1. The maximum atomic E-state index is 11.1. The predicted molar refractivity (Wildman–Crippen MR) is 56.3 cm³/mol. The first-order valence-corrected chi connectivity index (χ1v) is 4.98. The number of hydrogen-bond acceptors (Lipinski definition) is 5. The highest BCUT2D eigenvalue weighted by atomic mass is 16.6. The molecule has 90 valence electrons. The summed E-state index contributed by atoms with van der Waals surface area (Å²) in [7, 11) is 0. The molecule has 2 atom stereocenters. The minimum Gasteiger partial charge on any atom is -0.462 e. The van der Waals surface area contributed by atoms with Crippen LogP contribution >= 0.6 is 0 Å². The van der Waals surface area contributed by atoms with Gasteiger partial charge in [-0.3, -0.25) is 4.79 Å². The molecule has 0 spiro atoms. The fraction of sp³-hybridized carbons (Fsp3) is 0.900. The van der Waals surface area contributed by atoms with Crippen LogP contribution in [0.1, 0.15) is 27.7 Å². The van der Waals surface area contributed by atoms with E-state index in [-0.39, 0.29) is 12.2 Å². The van der Waals surface area contributed by atoms with Gasteiger partial charge in [0.15, 0.2) is 0 Å². The molecular weight excluding hydrogens is 198 g/mol. The highest BCUT2D eigenvalue weighted by Crippen LogP contribution is 2.05. The van der Waals surface area contributed by atoms with Crippen molar-refractivity contribution < 1.29 is 19.4 Å². The largest absolute Gasteiger partial charge is 0.462 e. The Balaban J connectivity index is 3.65. The highest BCUT2D eigenvalue weighted by molar-refractivity contribution is 5.76. The maximum absolute atomic E-state index is 11.1. The number of esters is 1. The molecule has 0 saturated carbocycles. The Kier molecular flexibility index (Phi) is 5.79. The number of rotatable bonds is 5. The summed E-state index contributed by atoms with van der Waals surface area (Å²) in [6, 6.07) is -0.986. The molecule has 0 aromatic heterocycles. The third-order valence-corrected chi connectivity index (χ3v) is 1.65. The summed E-state index contributed by atoms with van der Waals surface area (Å²) in [5.74, 6) is -0.609. The van der Waals surface area contributed by atoms with Gasteiger partial charge in [-0.1, -0.05) is 0 Å². The molecule has 0 aromatic rings. The van der Waals surface area contributed by atoms with Crippen LogP contribution in [0.15, 0.2) is 0 Å². The van der Waals surface area contributed by atoms with Crippen LogP contribution in [-0.4, -0.2) is 42.0 Å². The molecule has 0 rings (SSSR count). The van der Waals surface area contributed by atoms with E-state index in [0.717, 1.165) is 0 Å². The lowest BCUT2D eigenvalue weighted by Gasteiger charge is -2.20. The second kappa shape index (κ2) is 6.05. The van der Waals surface area contributed by atoms with Crippen molar-refractivity contribution >= 4 is 5.97 Å². The maximum Gasteiger partial charge on any atom is 0.325 e. The van der Waals surface area contributed by atoms with E-state index in [1.807, 2.05) is 20.8 Å². The molecule has 0 aliphatic carbocycles. The topological polar surface area (TPSA) is 81.8 Å². The molecule has 15 heavy (non-hydrogen) atoms. The molecule has 3 N–H and O–H groups in total. The van der Waals surface area contributed by atoms with Gasteiger partial charge in [0.25, 0.3) is 0 Å². The van der Waals surface area contributed by atoms with Gasteiger partial charge in [0.2, 0.25) is 0 Å². The zero-order chi connectivity index (χ0) is 12.1. The lowest BCUT2D eigenvalue weighted by Crippen LogP contribution is -2.41. The third-order valence-electron chi connectivity index (χ3n) is 1.65. The zero-order valence-electron chi connectivity index (χ0n) is 9.82. The Morgan fingerprint density at radius 1 is 1.40 bits per heavy atom. The molecule has 0 bridgehead atoms. The SMILES string of the molecule is CC(O)C(N)C(=O)OCCOC(C)(C)C. The number of ether oxygens (including phenoxy) is 2. The van der Waals surface area contributed by atoms with E-state index in [0.29, 0.717) is 6.61 Å². The summed E-state index contributed by atoms with van der Waals surface area (Å²) in [6.45, 7) is 7.65. The van der Waals surface area contributed by atoms with E-state index in [4.69, 9.17) is 20.3 Å². The van der Waals surface area contributed by atoms with E-state index in [2.05, 4.69) is 0 Å². The van der Waals surface area contributed by atoms with Crippen molar-refractivity contribution in [2.24, 2.45) is 5.73 Å². The summed E-state index contributed by atoms with van der Waals surface area (Å²) in [5.41, 5.74) is 5.11. The number of hydrogen-bond donors (Lipinski definition) is 2. The summed E-state index contributed by atoms with van der Waals surface area (Å²) in [5, 5.41) is 9.02.